The lowest BCUT2D eigenvalue weighted by Crippen LogP contribution is -2.10. The van der Waals surface area contributed by atoms with Crippen molar-refractivity contribution in [2.45, 2.75) is 0 Å². The molecule has 0 unspecified atom stereocenters. The van der Waals surface area contributed by atoms with Crippen LogP contribution in [0, 0.1) is 0 Å². The fraction of sp³-hybridized carbons (Fsp3) is 0. The zero-order valence-electron chi connectivity index (χ0n) is 38.8. The fourth-order valence-electron chi connectivity index (χ4n) is 10.1. The van der Waals surface area contributed by atoms with Crippen LogP contribution in [0.1, 0.15) is 0 Å². The van der Waals surface area contributed by atoms with Gasteiger partial charge in [-0.3, -0.25) is 0 Å². The highest BCUT2D eigenvalue weighted by atomic mass is 15.5. The lowest BCUT2D eigenvalue weighted by atomic mass is 10.0. The molecule has 0 aliphatic rings. The van der Waals surface area contributed by atoms with Gasteiger partial charge < -0.3 is 9.80 Å². The van der Waals surface area contributed by atoms with Crippen molar-refractivity contribution in [2.75, 3.05) is 9.80 Å². The molecule has 0 amide bonds. The molecule has 0 fully saturated rings. The SMILES string of the molecule is c1ccc2cc(N(c3ccc(-c4ccc(N(c5ccc(-n6nc7ccc8ccccc8c7n6)cc5)c5ccc6ccccc6c5)cc4)cc3)c3ccc(-n4nc5ccc6ccccc6c5n4)cc3)ccc2c1. The van der Waals surface area contributed by atoms with Gasteiger partial charge in [0.15, 0.2) is 0 Å². The molecule has 0 aliphatic heterocycles. The Morgan fingerprint density at radius 3 is 0.972 bits per heavy atom. The van der Waals surface area contributed by atoms with Gasteiger partial charge in [0.2, 0.25) is 0 Å². The molecule has 338 valence electrons. The van der Waals surface area contributed by atoms with E-state index < -0.39 is 0 Å². The van der Waals surface area contributed by atoms with Gasteiger partial charge in [0, 0.05) is 44.9 Å². The highest BCUT2D eigenvalue weighted by Gasteiger charge is 2.18. The van der Waals surface area contributed by atoms with Crippen LogP contribution in [0.25, 0.3) is 87.7 Å². The Morgan fingerprint density at radius 1 is 0.250 bits per heavy atom. The summed E-state index contributed by atoms with van der Waals surface area (Å²) in [5.74, 6) is 0. The van der Waals surface area contributed by atoms with E-state index >= 15 is 0 Å². The summed E-state index contributed by atoms with van der Waals surface area (Å²) in [6, 6.07) is 89.9. The number of nitrogens with zero attached hydrogens (tertiary/aromatic N) is 8. The molecule has 0 atom stereocenters. The molecule has 0 bridgehead atoms. The molecule has 0 radical (unpaired) electrons. The lowest BCUT2D eigenvalue weighted by molar-refractivity contribution is 0.766. The van der Waals surface area contributed by atoms with Crippen molar-refractivity contribution in [3.8, 4) is 22.5 Å². The molecule has 0 saturated carbocycles. The Balaban J connectivity index is 0.787. The molecule has 2 aromatic heterocycles. The van der Waals surface area contributed by atoms with Crippen LogP contribution in [0.4, 0.5) is 34.1 Å². The molecule has 0 spiro atoms. The van der Waals surface area contributed by atoms with Crippen LogP contribution in [0.5, 0.6) is 0 Å². The Hall–Kier alpha value is -9.92. The van der Waals surface area contributed by atoms with Gasteiger partial charge in [-0.05, 0) is 153 Å². The Kier molecular flexibility index (Phi) is 9.67. The highest BCUT2D eigenvalue weighted by molar-refractivity contribution is 6.04. The molecule has 8 heteroatoms. The molecule has 12 aromatic carbocycles. The molecule has 8 nitrogen and oxygen atoms in total. The topological polar surface area (TPSA) is 67.9 Å². The number of hydrogen-bond donors (Lipinski definition) is 0. The smallest absolute Gasteiger partial charge is 0.121 e. The normalized spacial score (nSPS) is 11.6. The molecule has 2 heterocycles. The Morgan fingerprint density at radius 2 is 0.569 bits per heavy atom. The van der Waals surface area contributed by atoms with Crippen molar-refractivity contribution < 1.29 is 0 Å². The standard InChI is InChI=1S/C64H42N8/c1-3-13-49-41-57(29-21-43(49)9-1)69(53-31-35-55(36-32-53)71-65-61-39-23-47-11-5-7-15-59(47)63(61)67-71)51-25-17-45(18-26-51)46-19-27-52(28-20-46)70(58-30-22-44-10-2-4-14-50(44)42-58)54-33-37-56(38-34-54)72-66-62-40-24-48-12-6-8-16-60(48)64(62)68-72/h1-42H. The van der Waals surface area contributed by atoms with E-state index in [0.29, 0.717) is 0 Å². The van der Waals surface area contributed by atoms with Gasteiger partial charge in [-0.1, -0.05) is 146 Å². The van der Waals surface area contributed by atoms with E-state index in [1.807, 2.05) is 24.3 Å². The molecule has 14 aromatic rings. The number of aromatic nitrogens is 6. The quantitative estimate of drug-likeness (QED) is 0.144. The molecular formula is C64H42N8. The molecule has 0 aliphatic carbocycles. The van der Waals surface area contributed by atoms with E-state index in [1.165, 1.54) is 21.5 Å². The summed E-state index contributed by atoms with van der Waals surface area (Å²) < 4.78 is 0. The van der Waals surface area contributed by atoms with Gasteiger partial charge in [-0.25, -0.2) is 0 Å². The van der Waals surface area contributed by atoms with Crippen molar-refractivity contribution in [2.24, 2.45) is 0 Å². The van der Waals surface area contributed by atoms with Crippen LogP contribution in [0.15, 0.2) is 255 Å². The summed E-state index contributed by atoms with van der Waals surface area (Å²) in [5, 5.41) is 28.9. The van der Waals surface area contributed by atoms with Crippen LogP contribution in [0.2, 0.25) is 0 Å². The van der Waals surface area contributed by atoms with Crippen LogP contribution in [-0.4, -0.2) is 30.0 Å². The summed E-state index contributed by atoms with van der Waals surface area (Å²) in [7, 11) is 0. The van der Waals surface area contributed by atoms with Crippen molar-refractivity contribution in [3.05, 3.63) is 255 Å². The monoisotopic (exact) mass is 922 g/mol. The second-order valence-electron chi connectivity index (χ2n) is 18.1. The highest BCUT2D eigenvalue weighted by Crippen LogP contribution is 2.40. The average Bonchev–Trinajstić information content (AvgIpc) is 4.10. The number of hydrogen-bond acceptors (Lipinski definition) is 6. The van der Waals surface area contributed by atoms with E-state index in [4.69, 9.17) is 20.4 Å². The maximum Gasteiger partial charge on any atom is 0.121 e. The van der Waals surface area contributed by atoms with Gasteiger partial charge in [0.1, 0.15) is 22.1 Å². The van der Waals surface area contributed by atoms with Gasteiger partial charge in [0.05, 0.1) is 11.4 Å². The van der Waals surface area contributed by atoms with Crippen molar-refractivity contribution >= 4 is 99.3 Å². The van der Waals surface area contributed by atoms with Crippen molar-refractivity contribution in [1.82, 2.24) is 30.0 Å². The van der Waals surface area contributed by atoms with E-state index in [9.17, 15) is 0 Å². The molecule has 14 rings (SSSR count). The first kappa shape index (κ1) is 41.1. The predicted molar refractivity (Wildman–Crippen MR) is 296 cm³/mol. The second-order valence-corrected chi connectivity index (χ2v) is 18.1. The van der Waals surface area contributed by atoms with E-state index in [0.717, 1.165) is 100 Å². The van der Waals surface area contributed by atoms with Crippen LogP contribution >= 0.6 is 0 Å². The Labute approximate surface area is 414 Å². The summed E-state index contributed by atoms with van der Waals surface area (Å²) >= 11 is 0. The van der Waals surface area contributed by atoms with Gasteiger partial charge in [0.25, 0.3) is 0 Å². The van der Waals surface area contributed by atoms with E-state index in [1.54, 1.807) is 9.59 Å². The number of benzene rings is 12. The summed E-state index contributed by atoms with van der Waals surface area (Å²) in [6.45, 7) is 0. The second kappa shape index (κ2) is 16.9. The minimum absolute atomic E-state index is 0.866. The van der Waals surface area contributed by atoms with Crippen molar-refractivity contribution in [1.29, 1.82) is 0 Å². The summed E-state index contributed by atoms with van der Waals surface area (Å²) in [6.07, 6.45) is 0. The third kappa shape index (κ3) is 7.25. The first-order valence-electron chi connectivity index (χ1n) is 24.1. The van der Waals surface area contributed by atoms with Crippen molar-refractivity contribution in [3.63, 3.8) is 0 Å². The molecule has 0 saturated heterocycles. The van der Waals surface area contributed by atoms with Gasteiger partial charge in [-0.2, -0.15) is 9.59 Å². The lowest BCUT2D eigenvalue weighted by Gasteiger charge is -2.27. The van der Waals surface area contributed by atoms with Gasteiger partial charge >= 0.3 is 0 Å². The van der Waals surface area contributed by atoms with Crippen LogP contribution in [-0.2, 0) is 0 Å². The summed E-state index contributed by atoms with van der Waals surface area (Å²) in [5.41, 5.74) is 13.8. The molecule has 72 heavy (non-hydrogen) atoms. The molecule has 0 N–H and O–H groups in total. The maximum absolute atomic E-state index is 4.94. The van der Waals surface area contributed by atoms with Gasteiger partial charge in [-0.15, -0.1) is 20.4 Å². The van der Waals surface area contributed by atoms with E-state index in [-0.39, 0.29) is 0 Å². The third-order valence-electron chi connectivity index (χ3n) is 13.8. The summed E-state index contributed by atoms with van der Waals surface area (Å²) in [4.78, 5) is 8.09. The predicted octanol–water partition coefficient (Wildman–Crippen LogP) is 16.4. The zero-order chi connectivity index (χ0) is 47.5. The minimum atomic E-state index is 0.866. The van der Waals surface area contributed by atoms with E-state index in [2.05, 4.69) is 240 Å². The number of rotatable bonds is 9. The average molecular weight is 923 g/mol. The third-order valence-corrected chi connectivity index (χ3v) is 13.8. The number of fused-ring (bicyclic) bond motifs is 8. The largest absolute Gasteiger partial charge is 0.310 e. The fourth-order valence-corrected chi connectivity index (χ4v) is 10.1. The first-order valence-corrected chi connectivity index (χ1v) is 24.1. The van der Waals surface area contributed by atoms with Crippen LogP contribution < -0.4 is 9.80 Å². The first-order chi connectivity index (χ1) is 35.6. The molecular weight excluding hydrogens is 881 g/mol. The Bertz CT molecular complexity index is 4050. The maximum atomic E-state index is 4.94. The number of anilines is 6. The minimum Gasteiger partial charge on any atom is -0.310 e. The van der Waals surface area contributed by atoms with Crippen LogP contribution in [0.3, 0.4) is 0 Å². The zero-order valence-corrected chi connectivity index (χ0v) is 38.8.